The van der Waals surface area contributed by atoms with Crippen molar-refractivity contribution < 1.29 is 28.9 Å². The number of hydrogen-bond acceptors (Lipinski definition) is 7. The molecule has 3 rings (SSSR count). The number of urea groups is 1. The zero-order valence-corrected chi connectivity index (χ0v) is 21.5. The molecule has 0 radical (unpaired) electrons. The minimum Gasteiger partial charge on any atom is -0.465 e. The summed E-state index contributed by atoms with van der Waals surface area (Å²) in [6.07, 6.45) is 1.83. The van der Waals surface area contributed by atoms with Gasteiger partial charge in [-0.25, -0.2) is 4.79 Å². The fourth-order valence-electron chi connectivity index (χ4n) is 4.08. The monoisotopic (exact) mass is 511 g/mol. The lowest BCUT2D eigenvalue weighted by molar-refractivity contribution is -0.252. The summed E-state index contributed by atoms with van der Waals surface area (Å²) in [7, 11) is 2.03. The minimum absolute atomic E-state index is 0.000769. The maximum atomic E-state index is 11.9. The van der Waals surface area contributed by atoms with Crippen molar-refractivity contribution in [3.63, 3.8) is 0 Å². The summed E-state index contributed by atoms with van der Waals surface area (Å²) in [5.41, 5.74) is 3.66. The zero-order valence-electron chi connectivity index (χ0n) is 21.5. The van der Waals surface area contributed by atoms with Crippen molar-refractivity contribution in [2.24, 2.45) is 0 Å². The molecule has 9 heteroatoms. The quantitative estimate of drug-likeness (QED) is 0.297. The Morgan fingerprint density at radius 1 is 1.08 bits per heavy atom. The van der Waals surface area contributed by atoms with Gasteiger partial charge in [0.2, 0.25) is 0 Å². The van der Waals surface area contributed by atoms with Crippen molar-refractivity contribution in [3.8, 4) is 0 Å². The third-order valence-corrected chi connectivity index (χ3v) is 5.97. The number of nitrogens with one attached hydrogen (secondary N) is 2. The van der Waals surface area contributed by atoms with E-state index in [1.165, 1.54) is 0 Å². The number of nitrogens with zero attached hydrogens (tertiary/aromatic N) is 1. The second-order valence-electron chi connectivity index (χ2n) is 8.94. The van der Waals surface area contributed by atoms with Crippen LogP contribution in [0.15, 0.2) is 61.2 Å². The Labute approximate surface area is 218 Å². The summed E-state index contributed by atoms with van der Waals surface area (Å²) in [5.74, 6) is -0.480. The van der Waals surface area contributed by atoms with Crippen LogP contribution in [0, 0.1) is 0 Å². The van der Waals surface area contributed by atoms with Crippen LogP contribution in [-0.4, -0.2) is 61.4 Å². The number of aliphatic hydroxyl groups is 1. The Bertz CT molecular complexity index is 1010. The predicted molar refractivity (Wildman–Crippen MR) is 139 cm³/mol. The van der Waals surface area contributed by atoms with Gasteiger partial charge in [-0.1, -0.05) is 54.6 Å². The third-order valence-electron chi connectivity index (χ3n) is 5.97. The molecule has 1 fully saturated rings. The molecule has 3 N–H and O–H groups in total. The molecule has 2 amide bonds. The predicted octanol–water partition coefficient (Wildman–Crippen LogP) is 3.20. The first kappa shape index (κ1) is 28.3. The lowest BCUT2D eigenvalue weighted by Gasteiger charge is -2.37. The first-order valence-electron chi connectivity index (χ1n) is 12.5. The number of carbonyl (C=O) groups is 2. The third kappa shape index (κ3) is 8.98. The van der Waals surface area contributed by atoms with Gasteiger partial charge in [0.05, 0.1) is 25.4 Å². The molecule has 1 saturated heterocycles. The summed E-state index contributed by atoms with van der Waals surface area (Å²) in [6, 6.07) is 15.0. The topological polar surface area (TPSA) is 109 Å². The number of ether oxygens (including phenoxy) is 3. The van der Waals surface area contributed by atoms with Crippen LogP contribution in [0.5, 0.6) is 0 Å². The van der Waals surface area contributed by atoms with Gasteiger partial charge in [0.1, 0.15) is 6.54 Å². The lowest BCUT2D eigenvalue weighted by Crippen LogP contribution is -2.38. The first-order chi connectivity index (χ1) is 17.9. The molecule has 3 unspecified atom stereocenters. The highest BCUT2D eigenvalue weighted by Gasteiger charge is 2.32. The van der Waals surface area contributed by atoms with E-state index in [0.717, 1.165) is 35.3 Å². The molecule has 3 atom stereocenters. The normalized spacial score (nSPS) is 19.3. The van der Waals surface area contributed by atoms with Gasteiger partial charge < -0.3 is 34.9 Å². The van der Waals surface area contributed by atoms with E-state index < -0.39 is 18.3 Å². The molecule has 9 nitrogen and oxygen atoms in total. The highest BCUT2D eigenvalue weighted by Crippen LogP contribution is 2.38. The standard InChI is InChI=1S/C28H37N3O6/c1-4-14-31(3)18-24-15-25(22-10-8-21(19-32)9-11-22)37-27(36-24)23-12-6-20(7-13-23)16-29-28(34)30-17-26(33)35-5-2/h4,6-13,24-25,27,32H,1,5,14-19H2,2-3H3,(H2,29,30,34). The second-order valence-corrected chi connectivity index (χ2v) is 8.94. The van der Waals surface area contributed by atoms with E-state index in [4.69, 9.17) is 14.2 Å². The molecule has 1 aliphatic rings. The second kappa shape index (κ2) is 14.5. The number of esters is 1. The molecule has 1 aliphatic heterocycles. The van der Waals surface area contributed by atoms with Crippen molar-refractivity contribution in [2.75, 3.05) is 33.3 Å². The van der Waals surface area contributed by atoms with Crippen LogP contribution in [-0.2, 0) is 32.2 Å². The molecule has 0 spiro atoms. The van der Waals surface area contributed by atoms with Crippen molar-refractivity contribution in [2.45, 2.75) is 45.0 Å². The molecule has 0 saturated carbocycles. The van der Waals surface area contributed by atoms with Gasteiger partial charge in [-0.05, 0) is 30.7 Å². The SMILES string of the molecule is C=CCN(C)CC1CC(c2ccc(CO)cc2)OC(c2ccc(CNC(=O)NCC(=O)OCC)cc2)O1. The van der Waals surface area contributed by atoms with E-state index in [1.807, 2.05) is 61.7 Å². The van der Waals surface area contributed by atoms with Gasteiger partial charge in [0.25, 0.3) is 0 Å². The van der Waals surface area contributed by atoms with Crippen LogP contribution >= 0.6 is 0 Å². The van der Waals surface area contributed by atoms with Gasteiger partial charge in [-0.3, -0.25) is 4.79 Å². The summed E-state index contributed by atoms with van der Waals surface area (Å²) in [4.78, 5) is 25.4. The molecule has 1 heterocycles. The Morgan fingerprint density at radius 3 is 2.41 bits per heavy atom. The van der Waals surface area contributed by atoms with Crippen molar-refractivity contribution in [1.29, 1.82) is 0 Å². The molecular weight excluding hydrogens is 474 g/mol. The van der Waals surface area contributed by atoms with Gasteiger partial charge >= 0.3 is 12.0 Å². The lowest BCUT2D eigenvalue weighted by atomic mass is 9.99. The fourth-order valence-corrected chi connectivity index (χ4v) is 4.08. The van der Waals surface area contributed by atoms with Crippen molar-refractivity contribution in [1.82, 2.24) is 15.5 Å². The Kier molecular flexibility index (Phi) is 11.1. The number of aliphatic hydroxyl groups excluding tert-OH is 1. The maximum Gasteiger partial charge on any atom is 0.325 e. The van der Waals surface area contributed by atoms with Gasteiger partial charge in [-0.2, -0.15) is 0 Å². The molecule has 0 aliphatic carbocycles. The van der Waals surface area contributed by atoms with Gasteiger partial charge in [-0.15, -0.1) is 6.58 Å². The van der Waals surface area contributed by atoms with Crippen LogP contribution in [0.1, 0.15) is 48.0 Å². The summed E-state index contributed by atoms with van der Waals surface area (Å²) in [5, 5.41) is 14.6. The average Bonchev–Trinajstić information content (AvgIpc) is 2.91. The van der Waals surface area contributed by atoms with Crippen LogP contribution < -0.4 is 10.6 Å². The molecule has 200 valence electrons. The van der Waals surface area contributed by atoms with Crippen LogP contribution in [0.3, 0.4) is 0 Å². The van der Waals surface area contributed by atoms with E-state index in [0.29, 0.717) is 13.0 Å². The number of amides is 2. The van der Waals surface area contributed by atoms with E-state index in [2.05, 4.69) is 22.1 Å². The Balaban J connectivity index is 1.63. The first-order valence-corrected chi connectivity index (χ1v) is 12.5. The number of rotatable bonds is 12. The molecular formula is C28H37N3O6. The highest BCUT2D eigenvalue weighted by atomic mass is 16.7. The van der Waals surface area contributed by atoms with Crippen LogP contribution in [0.4, 0.5) is 4.79 Å². The molecule has 0 aromatic heterocycles. The van der Waals surface area contributed by atoms with E-state index in [-0.39, 0.29) is 32.0 Å². The van der Waals surface area contributed by atoms with E-state index in [1.54, 1.807) is 6.92 Å². The minimum atomic E-state index is -0.548. The smallest absolute Gasteiger partial charge is 0.325 e. The maximum absolute atomic E-state index is 11.9. The fraction of sp³-hybridized carbons (Fsp3) is 0.429. The summed E-state index contributed by atoms with van der Waals surface area (Å²) >= 11 is 0. The Hall–Kier alpha value is -3.24. The molecule has 2 aromatic rings. The largest absolute Gasteiger partial charge is 0.465 e. The van der Waals surface area contributed by atoms with Crippen molar-refractivity contribution in [3.05, 3.63) is 83.4 Å². The van der Waals surface area contributed by atoms with Crippen molar-refractivity contribution >= 4 is 12.0 Å². The average molecular weight is 512 g/mol. The number of benzene rings is 2. The molecule has 2 aromatic carbocycles. The Morgan fingerprint density at radius 2 is 1.76 bits per heavy atom. The summed E-state index contributed by atoms with van der Waals surface area (Å²) < 4.78 is 17.5. The summed E-state index contributed by atoms with van der Waals surface area (Å²) in [6.45, 7) is 7.42. The van der Waals surface area contributed by atoms with Crippen LogP contribution in [0.2, 0.25) is 0 Å². The van der Waals surface area contributed by atoms with Gasteiger partial charge in [0, 0.05) is 31.6 Å². The van der Waals surface area contributed by atoms with E-state index in [9.17, 15) is 14.7 Å². The number of carbonyl (C=O) groups excluding carboxylic acids is 2. The van der Waals surface area contributed by atoms with Crippen LogP contribution in [0.25, 0.3) is 0 Å². The molecule has 0 bridgehead atoms. The number of hydrogen-bond donors (Lipinski definition) is 3. The molecule has 37 heavy (non-hydrogen) atoms. The zero-order chi connectivity index (χ0) is 26.6. The number of likely N-dealkylation sites (N-methyl/N-ethyl adjacent to an activating group) is 1. The highest BCUT2D eigenvalue weighted by molar-refractivity contribution is 5.80. The van der Waals surface area contributed by atoms with Gasteiger partial charge in [0.15, 0.2) is 6.29 Å². The van der Waals surface area contributed by atoms with E-state index >= 15 is 0 Å².